The molecule has 1 fully saturated rings. The molecule has 0 atom stereocenters. The minimum Gasteiger partial charge on any atom is -0.392 e. The molecule has 1 saturated heterocycles. The lowest BCUT2D eigenvalue weighted by Crippen LogP contribution is -2.30. The molecule has 1 heterocycles. The first-order chi connectivity index (χ1) is 7.31. The fraction of sp³-hybridized carbons (Fsp3) is 0.500. The van der Waals surface area contributed by atoms with Crippen molar-refractivity contribution >= 4 is 21.6 Å². The zero-order valence-corrected chi connectivity index (χ0v) is 10.3. The second kappa shape index (κ2) is 4.99. The summed E-state index contributed by atoms with van der Waals surface area (Å²) in [6.45, 7) is 2.36. The molecule has 1 aliphatic heterocycles. The zero-order chi connectivity index (χ0) is 10.7. The van der Waals surface area contributed by atoms with E-state index in [1.807, 2.05) is 12.1 Å². The molecule has 1 aromatic rings. The largest absolute Gasteiger partial charge is 0.392 e. The maximum Gasteiger partial charge on any atom is 0.0702 e. The van der Waals surface area contributed by atoms with Gasteiger partial charge in [-0.2, -0.15) is 0 Å². The number of anilines is 1. The minimum atomic E-state index is 0.116. The van der Waals surface area contributed by atoms with Crippen molar-refractivity contribution in [2.45, 2.75) is 25.9 Å². The zero-order valence-electron chi connectivity index (χ0n) is 8.75. The summed E-state index contributed by atoms with van der Waals surface area (Å²) < 4.78 is 1.03. The molecule has 0 saturated carbocycles. The van der Waals surface area contributed by atoms with E-state index >= 15 is 0 Å². The Kier molecular flexibility index (Phi) is 3.65. The van der Waals surface area contributed by atoms with Crippen LogP contribution < -0.4 is 4.90 Å². The average molecular weight is 270 g/mol. The molecule has 0 bridgehead atoms. The first-order valence-corrected chi connectivity index (χ1v) is 6.25. The molecule has 1 N–H and O–H groups in total. The number of aliphatic hydroxyl groups excluding tert-OH is 1. The number of nitrogens with zero attached hydrogens (tertiary/aromatic N) is 1. The van der Waals surface area contributed by atoms with E-state index in [9.17, 15) is 5.11 Å². The van der Waals surface area contributed by atoms with Crippen LogP contribution in [0.1, 0.15) is 24.8 Å². The van der Waals surface area contributed by atoms with Gasteiger partial charge in [-0.3, -0.25) is 0 Å². The van der Waals surface area contributed by atoms with Crippen LogP contribution in [0.4, 0.5) is 5.69 Å². The Bertz CT molecular complexity index is 334. The number of hydrogen-bond donors (Lipinski definition) is 1. The van der Waals surface area contributed by atoms with Gasteiger partial charge in [-0.05, 0) is 37.5 Å². The maximum absolute atomic E-state index is 9.33. The summed E-state index contributed by atoms with van der Waals surface area (Å²) in [7, 11) is 0. The summed E-state index contributed by atoms with van der Waals surface area (Å²) in [5.74, 6) is 0. The number of halogens is 1. The molecule has 3 heteroatoms. The molecule has 82 valence electrons. The number of rotatable bonds is 2. The van der Waals surface area contributed by atoms with E-state index in [4.69, 9.17) is 0 Å². The average Bonchev–Trinajstić information content (AvgIpc) is 2.30. The molecule has 0 spiro atoms. The summed E-state index contributed by atoms with van der Waals surface area (Å²) >= 11 is 3.43. The van der Waals surface area contributed by atoms with E-state index in [1.165, 1.54) is 24.9 Å². The Morgan fingerprint density at radius 2 is 1.93 bits per heavy atom. The fourth-order valence-corrected chi connectivity index (χ4v) is 2.53. The Morgan fingerprint density at radius 1 is 1.20 bits per heavy atom. The molecule has 0 aliphatic carbocycles. The molecule has 0 radical (unpaired) electrons. The predicted molar refractivity (Wildman–Crippen MR) is 66.1 cm³/mol. The van der Waals surface area contributed by atoms with Crippen LogP contribution in [0.25, 0.3) is 0 Å². The highest BCUT2D eigenvalue weighted by atomic mass is 79.9. The van der Waals surface area contributed by atoms with Crippen LogP contribution in [0.3, 0.4) is 0 Å². The van der Waals surface area contributed by atoms with Gasteiger partial charge in [0.05, 0.1) is 6.61 Å². The van der Waals surface area contributed by atoms with Gasteiger partial charge in [-0.1, -0.05) is 15.9 Å². The van der Waals surface area contributed by atoms with Gasteiger partial charge in [0.25, 0.3) is 0 Å². The van der Waals surface area contributed by atoms with E-state index in [-0.39, 0.29) is 6.61 Å². The van der Waals surface area contributed by atoms with Crippen LogP contribution in [-0.4, -0.2) is 18.2 Å². The van der Waals surface area contributed by atoms with Crippen LogP contribution in [0.2, 0.25) is 0 Å². The topological polar surface area (TPSA) is 23.5 Å². The predicted octanol–water partition coefficient (Wildman–Crippen LogP) is 2.93. The lowest BCUT2D eigenvalue weighted by molar-refractivity contribution is 0.282. The van der Waals surface area contributed by atoms with E-state index in [2.05, 4.69) is 26.9 Å². The molecule has 15 heavy (non-hydrogen) atoms. The molecule has 2 nitrogen and oxygen atoms in total. The molecule has 0 unspecified atom stereocenters. The third-order valence-electron chi connectivity index (χ3n) is 2.91. The molecule has 2 rings (SSSR count). The van der Waals surface area contributed by atoms with E-state index in [0.717, 1.165) is 23.1 Å². The first kappa shape index (κ1) is 11.0. The maximum atomic E-state index is 9.33. The van der Waals surface area contributed by atoms with Crippen molar-refractivity contribution < 1.29 is 5.11 Å². The van der Waals surface area contributed by atoms with Gasteiger partial charge in [0.15, 0.2) is 0 Å². The van der Waals surface area contributed by atoms with Crippen LogP contribution in [0.15, 0.2) is 22.7 Å². The summed E-state index contributed by atoms with van der Waals surface area (Å²) in [5, 5.41) is 9.33. The summed E-state index contributed by atoms with van der Waals surface area (Å²) in [5.41, 5.74) is 2.21. The van der Waals surface area contributed by atoms with Crippen LogP contribution in [-0.2, 0) is 6.61 Å². The van der Waals surface area contributed by atoms with Crippen LogP contribution >= 0.6 is 15.9 Å². The number of benzene rings is 1. The standard InChI is InChI=1S/C12H16BrNO/c13-11-4-5-12(10(8-11)9-15)14-6-2-1-3-7-14/h4-5,8,15H,1-3,6-7,9H2. The smallest absolute Gasteiger partial charge is 0.0702 e. The quantitative estimate of drug-likeness (QED) is 0.893. The Hall–Kier alpha value is -0.540. The number of hydrogen-bond acceptors (Lipinski definition) is 2. The van der Waals surface area contributed by atoms with Gasteiger partial charge >= 0.3 is 0 Å². The van der Waals surface area contributed by atoms with Crippen molar-refractivity contribution in [3.05, 3.63) is 28.2 Å². The summed E-state index contributed by atoms with van der Waals surface area (Å²) in [6, 6.07) is 6.15. The molecule has 1 aromatic carbocycles. The van der Waals surface area contributed by atoms with Crippen molar-refractivity contribution in [3.8, 4) is 0 Å². The Morgan fingerprint density at radius 3 is 2.60 bits per heavy atom. The fourth-order valence-electron chi connectivity index (χ4n) is 2.12. The number of aliphatic hydroxyl groups is 1. The number of piperidine rings is 1. The molecular weight excluding hydrogens is 254 g/mol. The molecule has 1 aliphatic rings. The van der Waals surface area contributed by atoms with Crippen molar-refractivity contribution in [1.29, 1.82) is 0 Å². The minimum absolute atomic E-state index is 0.116. The van der Waals surface area contributed by atoms with Gasteiger partial charge in [0.2, 0.25) is 0 Å². The van der Waals surface area contributed by atoms with Crippen LogP contribution in [0.5, 0.6) is 0 Å². The van der Waals surface area contributed by atoms with E-state index in [0.29, 0.717) is 0 Å². The van der Waals surface area contributed by atoms with E-state index in [1.54, 1.807) is 0 Å². The van der Waals surface area contributed by atoms with Gasteiger partial charge in [0, 0.05) is 28.8 Å². The highest BCUT2D eigenvalue weighted by Gasteiger charge is 2.13. The highest BCUT2D eigenvalue weighted by molar-refractivity contribution is 9.10. The van der Waals surface area contributed by atoms with Crippen molar-refractivity contribution in [2.75, 3.05) is 18.0 Å². The highest BCUT2D eigenvalue weighted by Crippen LogP contribution is 2.27. The second-order valence-electron chi connectivity index (χ2n) is 3.98. The second-order valence-corrected chi connectivity index (χ2v) is 4.89. The Balaban J connectivity index is 2.25. The van der Waals surface area contributed by atoms with Gasteiger partial charge < -0.3 is 10.0 Å². The monoisotopic (exact) mass is 269 g/mol. The van der Waals surface area contributed by atoms with Gasteiger partial charge in [-0.15, -0.1) is 0 Å². The van der Waals surface area contributed by atoms with Crippen LogP contribution in [0, 0.1) is 0 Å². The normalized spacial score (nSPS) is 16.8. The SMILES string of the molecule is OCc1cc(Br)ccc1N1CCCCC1. The first-order valence-electron chi connectivity index (χ1n) is 5.45. The molecule has 0 aromatic heterocycles. The Labute approximate surface area is 99.0 Å². The van der Waals surface area contributed by atoms with Gasteiger partial charge in [0.1, 0.15) is 0 Å². The van der Waals surface area contributed by atoms with Crippen molar-refractivity contribution in [1.82, 2.24) is 0 Å². The lowest BCUT2D eigenvalue weighted by atomic mass is 10.1. The van der Waals surface area contributed by atoms with Crippen molar-refractivity contribution in [2.24, 2.45) is 0 Å². The lowest BCUT2D eigenvalue weighted by Gasteiger charge is -2.30. The third-order valence-corrected chi connectivity index (χ3v) is 3.40. The molecular formula is C12H16BrNO. The van der Waals surface area contributed by atoms with Gasteiger partial charge in [-0.25, -0.2) is 0 Å². The van der Waals surface area contributed by atoms with E-state index < -0.39 is 0 Å². The summed E-state index contributed by atoms with van der Waals surface area (Å²) in [4.78, 5) is 2.38. The third kappa shape index (κ3) is 2.52. The van der Waals surface area contributed by atoms with Crippen molar-refractivity contribution in [3.63, 3.8) is 0 Å². The molecule has 0 amide bonds. The summed E-state index contributed by atoms with van der Waals surface area (Å²) in [6.07, 6.45) is 3.86.